The topological polar surface area (TPSA) is 44.8 Å². The number of anilines is 1. The van der Waals surface area contributed by atoms with Gasteiger partial charge in [-0.1, -0.05) is 41.5 Å². The Morgan fingerprint density at radius 3 is 2.46 bits per heavy atom. The van der Waals surface area contributed by atoms with Crippen LogP contribution in [0.25, 0.3) is 0 Å². The Labute approximate surface area is 180 Å². The molecule has 0 radical (unpaired) electrons. The summed E-state index contributed by atoms with van der Waals surface area (Å²) in [6.07, 6.45) is 0. The lowest BCUT2D eigenvalue weighted by Crippen LogP contribution is -2.46. The van der Waals surface area contributed by atoms with Crippen molar-refractivity contribution < 1.29 is 9.53 Å². The zero-order chi connectivity index (χ0) is 20.1. The van der Waals surface area contributed by atoms with Crippen molar-refractivity contribution in [1.29, 1.82) is 0 Å². The van der Waals surface area contributed by atoms with Gasteiger partial charge in [-0.15, -0.1) is 0 Å². The van der Waals surface area contributed by atoms with E-state index < -0.39 is 0 Å². The molecule has 28 heavy (non-hydrogen) atoms. The van der Waals surface area contributed by atoms with Crippen LogP contribution in [0.15, 0.2) is 42.5 Å². The van der Waals surface area contributed by atoms with E-state index in [2.05, 4.69) is 22.2 Å². The van der Waals surface area contributed by atoms with E-state index >= 15 is 0 Å². The Bertz CT molecular complexity index is 853. The molecular weight excluding hydrogens is 417 g/mol. The fourth-order valence-electron chi connectivity index (χ4n) is 2.82. The number of benzene rings is 2. The third-order valence-electron chi connectivity index (χ3n) is 4.49. The average Bonchev–Trinajstić information content (AvgIpc) is 2.70. The lowest BCUT2D eigenvalue weighted by molar-refractivity contribution is -0.118. The lowest BCUT2D eigenvalue weighted by atomic mass is 10.2. The molecule has 0 bridgehead atoms. The van der Waals surface area contributed by atoms with Crippen molar-refractivity contribution >= 4 is 52.0 Å². The molecule has 2 aromatic carbocycles. The Morgan fingerprint density at radius 2 is 1.79 bits per heavy atom. The van der Waals surface area contributed by atoms with E-state index in [1.54, 1.807) is 18.2 Å². The van der Waals surface area contributed by atoms with Crippen molar-refractivity contribution in [2.45, 2.75) is 0 Å². The largest absolute Gasteiger partial charge is 0.484 e. The summed E-state index contributed by atoms with van der Waals surface area (Å²) in [6.45, 7) is 3.74. The number of nitrogens with zero attached hydrogens (tertiary/aromatic N) is 2. The number of hydrogen-bond donors (Lipinski definition) is 1. The van der Waals surface area contributed by atoms with Gasteiger partial charge in [-0.3, -0.25) is 4.79 Å². The van der Waals surface area contributed by atoms with Crippen LogP contribution in [0.3, 0.4) is 0 Å². The molecule has 8 heteroatoms. The van der Waals surface area contributed by atoms with Gasteiger partial charge in [0.1, 0.15) is 10.7 Å². The maximum Gasteiger partial charge on any atom is 0.262 e. The number of likely N-dealkylation sites (N-methyl/N-ethyl adjacent to an activating group) is 1. The summed E-state index contributed by atoms with van der Waals surface area (Å²) < 4.78 is 5.55. The Balaban J connectivity index is 1.52. The minimum atomic E-state index is -0.318. The Morgan fingerprint density at radius 1 is 1.11 bits per heavy atom. The fraction of sp³-hybridized carbons (Fsp3) is 0.300. The zero-order valence-electron chi connectivity index (χ0n) is 15.5. The number of thiocarbonyl (C=S) groups is 1. The summed E-state index contributed by atoms with van der Waals surface area (Å²) in [4.78, 5) is 17.4. The molecule has 0 saturated carbocycles. The third-order valence-corrected chi connectivity index (χ3v) is 5.80. The number of carbonyl (C=O) groups is 1. The van der Waals surface area contributed by atoms with Crippen LogP contribution in [0.5, 0.6) is 5.75 Å². The molecule has 1 saturated heterocycles. The first-order valence-electron chi connectivity index (χ1n) is 8.88. The van der Waals surface area contributed by atoms with E-state index in [-0.39, 0.29) is 12.5 Å². The van der Waals surface area contributed by atoms with Gasteiger partial charge < -0.3 is 19.9 Å². The number of hydrogen-bond acceptors (Lipinski definition) is 4. The maximum atomic E-state index is 12.1. The molecule has 5 nitrogen and oxygen atoms in total. The molecule has 0 aromatic heterocycles. The molecule has 0 atom stereocenters. The van der Waals surface area contributed by atoms with Gasteiger partial charge >= 0.3 is 0 Å². The highest BCUT2D eigenvalue weighted by Gasteiger charge is 2.17. The number of ether oxygens (including phenoxy) is 1. The van der Waals surface area contributed by atoms with E-state index in [1.807, 2.05) is 24.3 Å². The molecule has 1 amide bonds. The van der Waals surface area contributed by atoms with Crippen molar-refractivity contribution in [3.05, 3.63) is 58.1 Å². The summed E-state index contributed by atoms with van der Waals surface area (Å²) in [6, 6.07) is 12.5. The summed E-state index contributed by atoms with van der Waals surface area (Å²) in [5, 5.41) is 3.37. The van der Waals surface area contributed by atoms with Crippen LogP contribution >= 0.6 is 35.4 Å². The van der Waals surface area contributed by atoms with Crippen LogP contribution in [-0.2, 0) is 4.79 Å². The zero-order valence-corrected chi connectivity index (χ0v) is 17.8. The molecule has 1 N–H and O–H groups in total. The van der Waals surface area contributed by atoms with Gasteiger partial charge in [-0.05, 0) is 43.4 Å². The van der Waals surface area contributed by atoms with E-state index in [1.165, 1.54) is 0 Å². The predicted molar refractivity (Wildman–Crippen MR) is 118 cm³/mol. The molecule has 1 fully saturated rings. The van der Waals surface area contributed by atoms with Crippen LogP contribution in [-0.4, -0.2) is 60.5 Å². The monoisotopic (exact) mass is 437 g/mol. The van der Waals surface area contributed by atoms with Crippen molar-refractivity contribution in [3.8, 4) is 5.75 Å². The minimum Gasteiger partial charge on any atom is -0.484 e. The number of amides is 1. The molecule has 1 aliphatic heterocycles. The smallest absolute Gasteiger partial charge is 0.262 e. The highest BCUT2D eigenvalue weighted by Crippen LogP contribution is 2.29. The Kier molecular flexibility index (Phi) is 7.13. The highest BCUT2D eigenvalue weighted by atomic mass is 35.5. The van der Waals surface area contributed by atoms with Gasteiger partial charge in [0.15, 0.2) is 6.61 Å². The summed E-state index contributed by atoms with van der Waals surface area (Å²) in [5.41, 5.74) is 1.43. The van der Waals surface area contributed by atoms with Gasteiger partial charge in [-0.2, -0.15) is 0 Å². The van der Waals surface area contributed by atoms with Crippen LogP contribution in [0, 0.1) is 0 Å². The normalized spacial score (nSPS) is 14.6. The van der Waals surface area contributed by atoms with Gasteiger partial charge in [-0.25, -0.2) is 0 Å². The molecule has 1 heterocycles. The number of carbonyl (C=O) groups excluding carboxylic acids is 1. The average molecular weight is 438 g/mol. The van der Waals surface area contributed by atoms with Crippen LogP contribution in [0.1, 0.15) is 5.56 Å². The number of nitrogens with one attached hydrogen (secondary N) is 1. The first kappa shape index (κ1) is 20.9. The van der Waals surface area contributed by atoms with E-state index in [0.717, 1.165) is 36.7 Å². The molecule has 148 valence electrons. The minimum absolute atomic E-state index is 0.134. The fourth-order valence-corrected chi connectivity index (χ4v) is 3.49. The SMILES string of the molecule is CN1CCN(C(=S)c2ccc(OCC(=O)Nc3cccc(Cl)c3Cl)cc2)CC1. The van der Waals surface area contributed by atoms with Gasteiger partial charge in [0.05, 0.1) is 15.7 Å². The molecule has 0 spiro atoms. The van der Waals surface area contributed by atoms with E-state index in [4.69, 9.17) is 40.2 Å². The van der Waals surface area contributed by atoms with Crippen molar-refractivity contribution in [2.24, 2.45) is 0 Å². The lowest BCUT2D eigenvalue weighted by Gasteiger charge is -2.34. The second-order valence-electron chi connectivity index (χ2n) is 6.56. The number of piperazine rings is 1. The quantitative estimate of drug-likeness (QED) is 0.717. The van der Waals surface area contributed by atoms with Crippen LogP contribution in [0.2, 0.25) is 10.0 Å². The van der Waals surface area contributed by atoms with E-state index in [9.17, 15) is 4.79 Å². The predicted octanol–water partition coefficient (Wildman–Crippen LogP) is 3.93. The van der Waals surface area contributed by atoms with Gasteiger partial charge in [0.25, 0.3) is 5.91 Å². The van der Waals surface area contributed by atoms with Crippen LogP contribution < -0.4 is 10.1 Å². The molecular formula is C20H21Cl2N3O2S. The molecule has 3 rings (SSSR count). The van der Waals surface area contributed by atoms with E-state index in [0.29, 0.717) is 21.5 Å². The number of rotatable bonds is 5. The molecule has 0 unspecified atom stereocenters. The number of halogens is 2. The second kappa shape index (κ2) is 9.56. The van der Waals surface area contributed by atoms with Crippen LogP contribution in [0.4, 0.5) is 5.69 Å². The molecule has 0 aliphatic carbocycles. The first-order chi connectivity index (χ1) is 13.4. The maximum absolute atomic E-state index is 12.1. The first-order valence-corrected chi connectivity index (χ1v) is 10.0. The molecule has 2 aromatic rings. The third kappa shape index (κ3) is 5.35. The highest BCUT2D eigenvalue weighted by molar-refractivity contribution is 7.80. The standard InChI is InChI=1S/C20H21Cl2N3O2S/c1-24-9-11-25(12-10-24)20(28)14-5-7-15(8-6-14)27-13-18(26)23-17-4-2-3-16(21)19(17)22/h2-8H,9-13H2,1H3,(H,23,26). The van der Waals surface area contributed by atoms with Crippen molar-refractivity contribution in [3.63, 3.8) is 0 Å². The summed E-state index contributed by atoms with van der Waals surface area (Å²) in [7, 11) is 2.11. The van der Waals surface area contributed by atoms with Crippen molar-refractivity contribution in [2.75, 3.05) is 45.2 Å². The van der Waals surface area contributed by atoms with Crippen molar-refractivity contribution in [1.82, 2.24) is 9.80 Å². The van der Waals surface area contributed by atoms with Gasteiger partial charge in [0, 0.05) is 31.7 Å². The summed E-state index contributed by atoms with van der Waals surface area (Å²) >= 11 is 17.6. The Hall–Kier alpha value is -1.86. The second-order valence-corrected chi connectivity index (χ2v) is 7.73. The van der Waals surface area contributed by atoms with Gasteiger partial charge in [0.2, 0.25) is 0 Å². The molecule has 1 aliphatic rings. The summed E-state index contributed by atoms with van der Waals surface area (Å²) in [5.74, 6) is 0.276.